The molecular formula is C20H21N3O5S. The smallest absolute Gasteiger partial charge is 0.410 e. The number of nitrogens with one attached hydrogen (secondary N) is 1. The normalized spacial score (nSPS) is 14.8. The number of para-hydroxylation sites is 1. The second-order valence-corrected chi connectivity index (χ2v) is 8.23. The summed E-state index contributed by atoms with van der Waals surface area (Å²) in [4.78, 5) is 25.2. The monoisotopic (exact) mass is 415 g/mol. The molecule has 0 bridgehead atoms. The number of sulfonamides is 1. The number of nitrogens with zero attached hydrogens (tertiary/aromatic N) is 2. The molecule has 0 aliphatic carbocycles. The summed E-state index contributed by atoms with van der Waals surface area (Å²) < 4.78 is 32.3. The number of benzene rings is 2. The van der Waals surface area contributed by atoms with E-state index in [4.69, 9.17) is 4.74 Å². The molecular weight excluding hydrogens is 394 g/mol. The van der Waals surface area contributed by atoms with Gasteiger partial charge in [-0.05, 0) is 42.5 Å². The largest absolute Gasteiger partial charge is 0.415 e. The molecule has 152 valence electrons. The second kappa shape index (κ2) is 8.89. The van der Waals surface area contributed by atoms with Crippen molar-refractivity contribution in [2.24, 2.45) is 0 Å². The summed E-state index contributed by atoms with van der Waals surface area (Å²) in [5, 5.41) is 2.56. The van der Waals surface area contributed by atoms with Gasteiger partial charge in [0.25, 0.3) is 0 Å². The summed E-state index contributed by atoms with van der Waals surface area (Å²) >= 11 is 0. The Morgan fingerprint density at radius 3 is 2.17 bits per heavy atom. The van der Waals surface area contributed by atoms with Crippen molar-refractivity contribution in [2.45, 2.75) is 4.90 Å². The van der Waals surface area contributed by atoms with Crippen molar-refractivity contribution in [1.29, 1.82) is 0 Å². The first-order valence-corrected chi connectivity index (χ1v) is 10.4. The maximum atomic E-state index is 12.8. The van der Waals surface area contributed by atoms with Gasteiger partial charge in [0.2, 0.25) is 15.9 Å². The number of amides is 2. The molecule has 8 nitrogen and oxygen atoms in total. The maximum absolute atomic E-state index is 12.8. The lowest BCUT2D eigenvalue weighted by Gasteiger charge is -2.33. The first kappa shape index (κ1) is 20.6. The Labute approximate surface area is 169 Å². The van der Waals surface area contributed by atoms with Gasteiger partial charge in [-0.1, -0.05) is 24.8 Å². The first-order valence-electron chi connectivity index (χ1n) is 8.95. The van der Waals surface area contributed by atoms with E-state index in [0.717, 1.165) is 6.08 Å². The Hall–Kier alpha value is -3.17. The van der Waals surface area contributed by atoms with Crippen molar-refractivity contribution < 1.29 is 22.7 Å². The van der Waals surface area contributed by atoms with Crippen molar-refractivity contribution in [3.05, 3.63) is 67.3 Å². The van der Waals surface area contributed by atoms with Gasteiger partial charge in [-0.15, -0.1) is 0 Å². The lowest BCUT2D eigenvalue weighted by atomic mass is 10.3. The fourth-order valence-electron chi connectivity index (χ4n) is 2.82. The van der Waals surface area contributed by atoms with Gasteiger partial charge in [-0.3, -0.25) is 4.79 Å². The molecule has 2 aromatic carbocycles. The summed E-state index contributed by atoms with van der Waals surface area (Å²) in [6.07, 6.45) is 0.628. The molecule has 0 spiro atoms. The molecule has 1 saturated heterocycles. The minimum Gasteiger partial charge on any atom is -0.410 e. The minimum atomic E-state index is -3.70. The van der Waals surface area contributed by atoms with Crippen LogP contribution in [0.5, 0.6) is 5.75 Å². The number of carbonyl (C=O) groups excluding carboxylic acids is 2. The van der Waals surface area contributed by atoms with Crippen LogP contribution in [0, 0.1) is 0 Å². The lowest BCUT2D eigenvalue weighted by molar-refractivity contribution is -0.111. The highest BCUT2D eigenvalue weighted by Gasteiger charge is 2.30. The van der Waals surface area contributed by atoms with Crippen LogP contribution in [0.15, 0.2) is 72.1 Å². The molecule has 0 saturated carbocycles. The number of rotatable bonds is 5. The van der Waals surface area contributed by atoms with Crippen molar-refractivity contribution in [3.8, 4) is 5.75 Å². The Kier molecular flexibility index (Phi) is 6.30. The number of hydrogen-bond acceptors (Lipinski definition) is 5. The van der Waals surface area contributed by atoms with Crippen LogP contribution in [-0.4, -0.2) is 55.8 Å². The molecule has 3 rings (SSSR count). The van der Waals surface area contributed by atoms with E-state index in [1.54, 1.807) is 24.3 Å². The average Bonchev–Trinajstić information content (AvgIpc) is 2.75. The predicted octanol–water partition coefficient (Wildman–Crippen LogP) is 2.32. The molecule has 1 aliphatic rings. The number of hydrogen-bond donors (Lipinski definition) is 1. The van der Waals surface area contributed by atoms with Crippen LogP contribution in [0.1, 0.15) is 0 Å². The molecule has 9 heteroatoms. The summed E-state index contributed by atoms with van der Waals surface area (Å²) in [6, 6.07) is 14.6. The molecule has 29 heavy (non-hydrogen) atoms. The molecule has 1 N–H and O–H groups in total. The Bertz CT molecular complexity index is 983. The van der Waals surface area contributed by atoms with E-state index in [2.05, 4.69) is 11.9 Å². The van der Waals surface area contributed by atoms with Gasteiger partial charge in [0.05, 0.1) is 4.90 Å². The lowest BCUT2D eigenvalue weighted by Crippen LogP contribution is -2.51. The van der Waals surface area contributed by atoms with Crippen LogP contribution in [0.3, 0.4) is 0 Å². The molecule has 1 fully saturated rings. The maximum Gasteiger partial charge on any atom is 0.415 e. The zero-order valence-corrected chi connectivity index (χ0v) is 16.5. The third-order valence-electron chi connectivity index (χ3n) is 4.39. The minimum absolute atomic E-state index is 0.120. The molecule has 0 unspecified atom stereocenters. The third kappa shape index (κ3) is 5.01. The van der Waals surface area contributed by atoms with E-state index in [9.17, 15) is 18.0 Å². The topological polar surface area (TPSA) is 96.0 Å². The predicted molar refractivity (Wildman–Crippen MR) is 108 cm³/mol. The SMILES string of the molecule is C=CC(=O)Nc1ccc(S(=O)(=O)N2CCN(C(=O)Oc3ccccc3)CC2)cc1. The van der Waals surface area contributed by atoms with Gasteiger partial charge in [-0.25, -0.2) is 13.2 Å². The van der Waals surface area contributed by atoms with Gasteiger partial charge >= 0.3 is 6.09 Å². The second-order valence-electron chi connectivity index (χ2n) is 6.29. The van der Waals surface area contributed by atoms with Crippen molar-refractivity contribution in [2.75, 3.05) is 31.5 Å². The first-order chi connectivity index (χ1) is 13.9. The van der Waals surface area contributed by atoms with Crippen LogP contribution < -0.4 is 10.1 Å². The molecule has 2 aromatic rings. The highest BCUT2D eigenvalue weighted by molar-refractivity contribution is 7.89. The molecule has 0 radical (unpaired) electrons. The number of anilines is 1. The van der Waals surface area contributed by atoms with E-state index >= 15 is 0 Å². The Balaban J connectivity index is 1.60. The van der Waals surface area contributed by atoms with Crippen LogP contribution in [-0.2, 0) is 14.8 Å². The molecule has 1 aliphatic heterocycles. The zero-order valence-electron chi connectivity index (χ0n) is 15.7. The van der Waals surface area contributed by atoms with Crippen molar-refractivity contribution in [1.82, 2.24) is 9.21 Å². The molecule has 0 atom stereocenters. The Morgan fingerprint density at radius 1 is 0.966 bits per heavy atom. The van der Waals surface area contributed by atoms with E-state index < -0.39 is 16.1 Å². The Morgan fingerprint density at radius 2 is 1.59 bits per heavy atom. The molecule has 1 heterocycles. The molecule has 0 aromatic heterocycles. The van der Waals surface area contributed by atoms with Crippen molar-refractivity contribution in [3.63, 3.8) is 0 Å². The number of carbonyl (C=O) groups is 2. The summed E-state index contributed by atoms with van der Waals surface area (Å²) in [5.41, 5.74) is 0.474. The highest BCUT2D eigenvalue weighted by atomic mass is 32.2. The fraction of sp³-hybridized carbons (Fsp3) is 0.200. The van der Waals surface area contributed by atoms with Gasteiger partial charge in [-0.2, -0.15) is 4.31 Å². The summed E-state index contributed by atoms with van der Waals surface area (Å²) in [5.74, 6) is 0.0651. The van der Waals surface area contributed by atoms with Crippen LogP contribution in [0.25, 0.3) is 0 Å². The highest BCUT2D eigenvalue weighted by Crippen LogP contribution is 2.20. The standard InChI is InChI=1S/C20H21N3O5S/c1-2-19(24)21-16-8-10-18(11-9-16)29(26,27)23-14-12-22(13-15-23)20(25)28-17-6-4-3-5-7-17/h2-11H,1,12-15H2,(H,21,24). The van der Waals surface area contributed by atoms with Crippen LogP contribution >= 0.6 is 0 Å². The number of ether oxygens (including phenoxy) is 1. The summed E-state index contributed by atoms with van der Waals surface area (Å²) in [6.45, 7) is 4.17. The van der Waals surface area contributed by atoms with Crippen LogP contribution in [0.2, 0.25) is 0 Å². The van der Waals surface area contributed by atoms with Gasteiger partial charge < -0.3 is 15.0 Å². The van der Waals surface area contributed by atoms with E-state index in [-0.39, 0.29) is 37.0 Å². The number of piperazine rings is 1. The van der Waals surface area contributed by atoms with E-state index in [1.807, 2.05) is 6.07 Å². The van der Waals surface area contributed by atoms with Gasteiger partial charge in [0, 0.05) is 31.9 Å². The van der Waals surface area contributed by atoms with Gasteiger partial charge in [0.15, 0.2) is 0 Å². The summed E-state index contributed by atoms with van der Waals surface area (Å²) in [7, 11) is -3.70. The zero-order chi connectivity index (χ0) is 20.9. The quantitative estimate of drug-likeness (QED) is 0.756. The van der Waals surface area contributed by atoms with E-state index in [1.165, 1.54) is 33.5 Å². The fourth-order valence-corrected chi connectivity index (χ4v) is 4.24. The van der Waals surface area contributed by atoms with Gasteiger partial charge in [0.1, 0.15) is 5.75 Å². The third-order valence-corrected chi connectivity index (χ3v) is 6.30. The van der Waals surface area contributed by atoms with Crippen molar-refractivity contribution >= 4 is 27.7 Å². The van der Waals surface area contributed by atoms with E-state index in [0.29, 0.717) is 11.4 Å². The average molecular weight is 415 g/mol. The van der Waals surface area contributed by atoms with Crippen LogP contribution in [0.4, 0.5) is 10.5 Å². The molecule has 2 amide bonds.